The first-order valence-corrected chi connectivity index (χ1v) is 5.16. The van der Waals surface area contributed by atoms with Crippen LogP contribution >= 0.6 is 0 Å². The van der Waals surface area contributed by atoms with E-state index in [4.69, 9.17) is 15.9 Å². The van der Waals surface area contributed by atoms with E-state index in [1.807, 2.05) is 0 Å². The van der Waals surface area contributed by atoms with E-state index in [9.17, 15) is 14.0 Å². The number of aliphatic hydroxyl groups is 1. The van der Waals surface area contributed by atoms with Crippen LogP contribution in [0.2, 0.25) is 0 Å². The average molecular weight is 256 g/mol. The van der Waals surface area contributed by atoms with Crippen LogP contribution in [0.3, 0.4) is 0 Å². The van der Waals surface area contributed by atoms with Crippen LogP contribution in [0.1, 0.15) is 16.8 Å². The van der Waals surface area contributed by atoms with Crippen LogP contribution in [0, 0.1) is 5.82 Å². The molecule has 0 saturated heterocycles. The Labute approximate surface area is 102 Å². The second-order valence-corrected chi connectivity index (χ2v) is 3.63. The number of nitrogens with two attached hydrogens (primary N) is 1. The van der Waals surface area contributed by atoms with Crippen LogP contribution in [0.4, 0.5) is 10.1 Å². The molecule has 0 fully saturated rings. The van der Waals surface area contributed by atoms with Crippen LogP contribution in [0.5, 0.6) is 0 Å². The lowest BCUT2D eigenvalue weighted by Crippen LogP contribution is -2.30. The predicted octanol–water partition coefficient (Wildman–Crippen LogP) is -0.0267. The van der Waals surface area contributed by atoms with Gasteiger partial charge in [-0.2, -0.15) is 0 Å². The third-order valence-electron chi connectivity index (χ3n) is 2.25. The second-order valence-electron chi connectivity index (χ2n) is 3.63. The summed E-state index contributed by atoms with van der Waals surface area (Å²) in [7, 11) is 0. The summed E-state index contributed by atoms with van der Waals surface area (Å²) >= 11 is 0. The van der Waals surface area contributed by atoms with Crippen LogP contribution in [0.25, 0.3) is 0 Å². The zero-order valence-electron chi connectivity index (χ0n) is 9.39. The highest BCUT2D eigenvalue weighted by Gasteiger charge is 2.14. The topological polar surface area (TPSA) is 113 Å². The number of carbonyl (C=O) groups excluding carboxylic acids is 1. The number of aliphatic hydroxyl groups excluding tert-OH is 1. The van der Waals surface area contributed by atoms with Gasteiger partial charge in [0.1, 0.15) is 5.82 Å². The van der Waals surface area contributed by atoms with Crippen LogP contribution < -0.4 is 11.1 Å². The van der Waals surface area contributed by atoms with E-state index in [2.05, 4.69) is 5.32 Å². The summed E-state index contributed by atoms with van der Waals surface area (Å²) in [6.07, 6.45) is -1.69. The predicted molar refractivity (Wildman–Crippen MR) is 61.4 cm³/mol. The molecule has 0 radical (unpaired) electrons. The molecule has 5 N–H and O–H groups in total. The fourth-order valence-electron chi connectivity index (χ4n) is 1.27. The highest BCUT2D eigenvalue weighted by atomic mass is 19.1. The normalized spacial score (nSPS) is 11.9. The summed E-state index contributed by atoms with van der Waals surface area (Å²) in [5.41, 5.74) is 5.59. The largest absolute Gasteiger partial charge is 0.479 e. The SMILES string of the molecule is Nc1ccc(F)cc1C(=O)NCCC(O)C(=O)O. The maximum absolute atomic E-state index is 12.9. The molecule has 0 aliphatic carbocycles. The van der Waals surface area contributed by atoms with E-state index in [1.165, 1.54) is 6.07 Å². The highest BCUT2D eigenvalue weighted by Crippen LogP contribution is 2.12. The molecule has 0 aliphatic rings. The monoisotopic (exact) mass is 256 g/mol. The molecule has 0 heterocycles. The summed E-state index contributed by atoms with van der Waals surface area (Å²) in [5, 5.41) is 19.7. The van der Waals surface area contributed by atoms with Crippen LogP contribution in [0.15, 0.2) is 18.2 Å². The number of nitrogens with one attached hydrogen (secondary N) is 1. The van der Waals surface area contributed by atoms with Crippen molar-refractivity contribution >= 4 is 17.6 Å². The number of benzene rings is 1. The van der Waals surface area contributed by atoms with Gasteiger partial charge >= 0.3 is 5.97 Å². The van der Waals surface area contributed by atoms with Gasteiger partial charge in [0, 0.05) is 18.7 Å². The van der Waals surface area contributed by atoms with Gasteiger partial charge in [0.05, 0.1) is 5.56 Å². The number of aliphatic carboxylic acids is 1. The fourth-order valence-corrected chi connectivity index (χ4v) is 1.27. The lowest BCUT2D eigenvalue weighted by atomic mass is 10.1. The summed E-state index contributed by atoms with van der Waals surface area (Å²) in [6, 6.07) is 3.37. The van der Waals surface area contributed by atoms with Crippen LogP contribution in [-0.2, 0) is 4.79 Å². The van der Waals surface area contributed by atoms with E-state index >= 15 is 0 Å². The molecule has 0 aliphatic heterocycles. The van der Waals surface area contributed by atoms with Crippen molar-refractivity contribution in [3.05, 3.63) is 29.6 Å². The molecule has 0 spiro atoms. The summed E-state index contributed by atoms with van der Waals surface area (Å²) in [4.78, 5) is 21.9. The zero-order chi connectivity index (χ0) is 13.7. The molecule has 6 nitrogen and oxygen atoms in total. The Morgan fingerprint density at radius 2 is 2.11 bits per heavy atom. The number of anilines is 1. The molecule has 1 atom stereocenters. The van der Waals surface area contributed by atoms with E-state index < -0.39 is 23.8 Å². The Hall–Kier alpha value is -2.15. The Balaban J connectivity index is 2.55. The van der Waals surface area contributed by atoms with Crippen molar-refractivity contribution in [3.63, 3.8) is 0 Å². The molecule has 0 aromatic heterocycles. The van der Waals surface area contributed by atoms with Crippen molar-refractivity contribution in [2.75, 3.05) is 12.3 Å². The van der Waals surface area contributed by atoms with Gasteiger partial charge in [-0.1, -0.05) is 0 Å². The van der Waals surface area contributed by atoms with Gasteiger partial charge in [-0.25, -0.2) is 9.18 Å². The number of amides is 1. The van der Waals surface area contributed by atoms with Gasteiger partial charge in [0.2, 0.25) is 0 Å². The van der Waals surface area contributed by atoms with E-state index in [-0.39, 0.29) is 24.2 Å². The number of carboxylic acid groups (broad SMARTS) is 1. The molecule has 0 bridgehead atoms. The number of rotatable bonds is 5. The highest BCUT2D eigenvalue weighted by molar-refractivity contribution is 5.99. The van der Waals surface area contributed by atoms with Crippen molar-refractivity contribution in [2.24, 2.45) is 0 Å². The quantitative estimate of drug-likeness (QED) is 0.553. The number of carbonyl (C=O) groups is 2. The van der Waals surface area contributed by atoms with E-state index in [0.717, 1.165) is 12.1 Å². The Morgan fingerprint density at radius 1 is 1.44 bits per heavy atom. The summed E-state index contributed by atoms with van der Waals surface area (Å²) in [5.74, 6) is -2.58. The van der Waals surface area contributed by atoms with Crippen molar-refractivity contribution in [1.29, 1.82) is 0 Å². The Kier molecular flexibility index (Phi) is 4.61. The van der Waals surface area contributed by atoms with E-state index in [1.54, 1.807) is 0 Å². The minimum Gasteiger partial charge on any atom is -0.479 e. The Bertz CT molecular complexity index is 464. The van der Waals surface area contributed by atoms with Gasteiger partial charge in [0.15, 0.2) is 6.10 Å². The molecule has 1 unspecified atom stereocenters. The van der Waals surface area contributed by atoms with Gasteiger partial charge < -0.3 is 21.3 Å². The molecule has 98 valence electrons. The average Bonchev–Trinajstić information content (AvgIpc) is 2.31. The molecule has 18 heavy (non-hydrogen) atoms. The zero-order valence-corrected chi connectivity index (χ0v) is 9.39. The van der Waals surface area contributed by atoms with Gasteiger partial charge in [-0.3, -0.25) is 4.79 Å². The fraction of sp³-hybridized carbons (Fsp3) is 0.273. The molecule has 1 rings (SSSR count). The standard InChI is InChI=1S/C11H13FN2O4/c12-6-1-2-8(13)7(5-6)10(16)14-4-3-9(15)11(17)18/h1-2,5,9,15H,3-4,13H2,(H,14,16)(H,17,18). The molecular formula is C11H13FN2O4. The number of nitrogen functional groups attached to an aromatic ring is 1. The van der Waals surface area contributed by atoms with Crippen molar-refractivity contribution in [1.82, 2.24) is 5.32 Å². The number of hydrogen-bond donors (Lipinski definition) is 4. The molecule has 7 heteroatoms. The third-order valence-corrected chi connectivity index (χ3v) is 2.25. The molecule has 1 aromatic rings. The minimum atomic E-state index is -1.55. The summed E-state index contributed by atoms with van der Waals surface area (Å²) in [6.45, 7) is -0.0533. The Morgan fingerprint density at radius 3 is 2.72 bits per heavy atom. The summed E-state index contributed by atoms with van der Waals surface area (Å²) < 4.78 is 12.9. The maximum Gasteiger partial charge on any atom is 0.332 e. The van der Waals surface area contributed by atoms with E-state index in [0.29, 0.717) is 0 Å². The second kappa shape index (κ2) is 5.97. The number of halogens is 1. The minimum absolute atomic E-state index is 0.0279. The maximum atomic E-state index is 12.9. The first-order valence-electron chi connectivity index (χ1n) is 5.16. The molecular weight excluding hydrogens is 243 g/mol. The lowest BCUT2D eigenvalue weighted by Gasteiger charge is -2.09. The first-order chi connectivity index (χ1) is 8.41. The number of hydrogen-bond acceptors (Lipinski definition) is 4. The van der Waals surface area contributed by atoms with Crippen molar-refractivity contribution in [3.8, 4) is 0 Å². The lowest BCUT2D eigenvalue weighted by molar-refractivity contribution is -0.146. The smallest absolute Gasteiger partial charge is 0.332 e. The van der Waals surface area contributed by atoms with Crippen LogP contribution in [-0.4, -0.2) is 34.7 Å². The van der Waals surface area contributed by atoms with Gasteiger partial charge in [0.25, 0.3) is 5.91 Å². The third kappa shape index (κ3) is 3.70. The van der Waals surface area contributed by atoms with Crippen molar-refractivity contribution in [2.45, 2.75) is 12.5 Å². The van der Waals surface area contributed by atoms with Crippen molar-refractivity contribution < 1.29 is 24.2 Å². The number of carboxylic acids is 1. The molecule has 1 aromatic carbocycles. The molecule has 1 amide bonds. The first kappa shape index (κ1) is 13.9. The molecule has 0 saturated carbocycles. The van der Waals surface area contributed by atoms with Gasteiger partial charge in [-0.05, 0) is 18.2 Å². The van der Waals surface area contributed by atoms with Gasteiger partial charge in [-0.15, -0.1) is 0 Å².